The molecule has 1 saturated carbocycles. The minimum atomic E-state index is 0.367. The molecule has 2 unspecified atom stereocenters. The van der Waals surface area contributed by atoms with E-state index in [1.165, 1.54) is 5.56 Å². The van der Waals surface area contributed by atoms with Crippen molar-refractivity contribution in [1.82, 2.24) is 0 Å². The van der Waals surface area contributed by atoms with Crippen molar-refractivity contribution in [2.24, 2.45) is 5.73 Å². The molecule has 15 heavy (non-hydrogen) atoms. The van der Waals surface area contributed by atoms with Crippen molar-refractivity contribution >= 4 is 0 Å². The Morgan fingerprint density at radius 2 is 2.00 bits per heavy atom. The third-order valence-corrected chi connectivity index (χ3v) is 3.01. The summed E-state index contributed by atoms with van der Waals surface area (Å²) in [6.07, 6.45) is 4.71. The smallest absolute Gasteiger partial charge is 0.0590 e. The van der Waals surface area contributed by atoms with E-state index < -0.39 is 0 Å². The Labute approximate surface area is 91.4 Å². The predicted octanol–water partition coefficient (Wildman–Crippen LogP) is 2.13. The van der Waals surface area contributed by atoms with E-state index in [0.29, 0.717) is 12.1 Å². The monoisotopic (exact) mass is 205 g/mol. The topological polar surface area (TPSA) is 35.2 Å². The lowest BCUT2D eigenvalue weighted by molar-refractivity contribution is 0.0598. The molecule has 0 spiro atoms. The summed E-state index contributed by atoms with van der Waals surface area (Å²) in [6.45, 7) is 0.821. The molecule has 1 aromatic carbocycles. The molecule has 0 saturated heterocycles. The van der Waals surface area contributed by atoms with E-state index in [9.17, 15) is 0 Å². The molecular weight excluding hydrogens is 186 g/mol. The first-order valence-electron chi connectivity index (χ1n) is 5.75. The second-order valence-electron chi connectivity index (χ2n) is 4.30. The van der Waals surface area contributed by atoms with Gasteiger partial charge in [-0.25, -0.2) is 0 Å². The lowest BCUT2D eigenvalue weighted by Gasteiger charge is -2.11. The number of hydrogen-bond acceptors (Lipinski definition) is 2. The van der Waals surface area contributed by atoms with Crippen molar-refractivity contribution < 1.29 is 4.74 Å². The van der Waals surface area contributed by atoms with Gasteiger partial charge in [0.2, 0.25) is 0 Å². The molecule has 0 radical (unpaired) electrons. The lowest BCUT2D eigenvalue weighted by Crippen LogP contribution is -2.18. The average Bonchev–Trinajstić information content (AvgIpc) is 2.66. The molecule has 1 aromatic rings. The predicted molar refractivity (Wildman–Crippen MR) is 61.7 cm³/mol. The van der Waals surface area contributed by atoms with Gasteiger partial charge in [-0.2, -0.15) is 0 Å². The number of ether oxygens (including phenoxy) is 1. The minimum absolute atomic E-state index is 0.367. The highest BCUT2D eigenvalue weighted by Gasteiger charge is 2.21. The zero-order valence-corrected chi connectivity index (χ0v) is 9.06. The fraction of sp³-hybridized carbons (Fsp3) is 0.538. The zero-order valence-electron chi connectivity index (χ0n) is 9.06. The zero-order chi connectivity index (χ0) is 10.5. The summed E-state index contributed by atoms with van der Waals surface area (Å²) in [4.78, 5) is 0. The molecule has 1 aliphatic rings. The second kappa shape index (κ2) is 5.29. The van der Waals surface area contributed by atoms with Crippen molar-refractivity contribution in [3.8, 4) is 0 Å². The molecule has 0 heterocycles. The molecule has 0 amide bonds. The summed E-state index contributed by atoms with van der Waals surface area (Å²) in [5.41, 5.74) is 7.18. The van der Waals surface area contributed by atoms with Crippen LogP contribution in [0.3, 0.4) is 0 Å². The van der Waals surface area contributed by atoms with Gasteiger partial charge in [-0.3, -0.25) is 0 Å². The van der Waals surface area contributed by atoms with Gasteiger partial charge in [0.1, 0.15) is 0 Å². The average molecular weight is 205 g/mol. The number of rotatable bonds is 4. The van der Waals surface area contributed by atoms with Gasteiger partial charge < -0.3 is 10.5 Å². The van der Waals surface area contributed by atoms with Gasteiger partial charge in [-0.05, 0) is 31.2 Å². The maximum atomic E-state index is 5.83. The summed E-state index contributed by atoms with van der Waals surface area (Å²) in [6, 6.07) is 10.8. The van der Waals surface area contributed by atoms with Gasteiger partial charge in [0.25, 0.3) is 0 Å². The highest BCUT2D eigenvalue weighted by molar-refractivity contribution is 5.14. The van der Waals surface area contributed by atoms with Crippen LogP contribution in [0.1, 0.15) is 24.8 Å². The van der Waals surface area contributed by atoms with Crippen LogP contribution >= 0.6 is 0 Å². The quantitative estimate of drug-likeness (QED) is 0.817. The van der Waals surface area contributed by atoms with Crippen LogP contribution in [0.2, 0.25) is 0 Å². The summed E-state index contributed by atoms with van der Waals surface area (Å²) in [7, 11) is 0. The van der Waals surface area contributed by atoms with Crippen molar-refractivity contribution in [3.05, 3.63) is 35.9 Å². The van der Waals surface area contributed by atoms with Crippen LogP contribution in [-0.4, -0.2) is 18.8 Å². The van der Waals surface area contributed by atoms with E-state index in [4.69, 9.17) is 10.5 Å². The van der Waals surface area contributed by atoms with Crippen molar-refractivity contribution in [3.63, 3.8) is 0 Å². The Bertz CT molecular complexity index is 286. The number of benzene rings is 1. The van der Waals surface area contributed by atoms with Gasteiger partial charge in [-0.15, -0.1) is 0 Å². The molecular formula is C13H19NO. The van der Waals surface area contributed by atoms with Crippen LogP contribution in [0, 0.1) is 0 Å². The van der Waals surface area contributed by atoms with E-state index >= 15 is 0 Å². The maximum absolute atomic E-state index is 5.83. The molecule has 82 valence electrons. The maximum Gasteiger partial charge on any atom is 0.0590 e. The SMILES string of the molecule is NC1CCC(OCCc2ccccc2)C1. The molecule has 2 atom stereocenters. The van der Waals surface area contributed by atoms with E-state index in [1.54, 1.807) is 0 Å². The molecule has 0 aliphatic heterocycles. The summed E-state index contributed by atoms with van der Waals surface area (Å²) in [5, 5.41) is 0. The number of nitrogens with two attached hydrogens (primary N) is 1. The highest BCUT2D eigenvalue weighted by atomic mass is 16.5. The molecule has 2 N–H and O–H groups in total. The Morgan fingerprint density at radius 3 is 2.67 bits per heavy atom. The fourth-order valence-corrected chi connectivity index (χ4v) is 2.11. The normalized spacial score (nSPS) is 25.7. The largest absolute Gasteiger partial charge is 0.378 e. The standard InChI is InChI=1S/C13H19NO/c14-12-6-7-13(10-12)15-9-8-11-4-2-1-3-5-11/h1-5,12-13H,6-10,14H2. The first-order valence-corrected chi connectivity index (χ1v) is 5.75. The van der Waals surface area contributed by atoms with Crippen LogP contribution in [0.5, 0.6) is 0 Å². The Hall–Kier alpha value is -0.860. The van der Waals surface area contributed by atoms with Gasteiger partial charge in [0, 0.05) is 6.04 Å². The van der Waals surface area contributed by atoms with Crippen molar-refractivity contribution in [2.45, 2.75) is 37.8 Å². The lowest BCUT2D eigenvalue weighted by atomic mass is 10.2. The van der Waals surface area contributed by atoms with Crippen LogP contribution in [0.25, 0.3) is 0 Å². The van der Waals surface area contributed by atoms with Crippen LogP contribution < -0.4 is 5.73 Å². The molecule has 1 fully saturated rings. The highest BCUT2D eigenvalue weighted by Crippen LogP contribution is 2.20. The molecule has 2 heteroatoms. The summed E-state index contributed by atoms with van der Waals surface area (Å²) in [5.74, 6) is 0. The first kappa shape index (κ1) is 10.7. The summed E-state index contributed by atoms with van der Waals surface area (Å²) >= 11 is 0. The second-order valence-corrected chi connectivity index (χ2v) is 4.30. The molecule has 2 rings (SSSR count). The van der Waals surface area contributed by atoms with Gasteiger partial charge in [0.05, 0.1) is 12.7 Å². The Kier molecular flexibility index (Phi) is 3.75. The van der Waals surface area contributed by atoms with Gasteiger partial charge in [0.15, 0.2) is 0 Å². The van der Waals surface area contributed by atoms with Crippen molar-refractivity contribution in [1.29, 1.82) is 0 Å². The van der Waals surface area contributed by atoms with Crippen LogP contribution in [0.4, 0.5) is 0 Å². The van der Waals surface area contributed by atoms with Crippen molar-refractivity contribution in [2.75, 3.05) is 6.61 Å². The summed E-state index contributed by atoms with van der Waals surface area (Å²) < 4.78 is 5.80. The third-order valence-electron chi connectivity index (χ3n) is 3.01. The van der Waals surface area contributed by atoms with Crippen LogP contribution in [0.15, 0.2) is 30.3 Å². The molecule has 2 nitrogen and oxygen atoms in total. The van der Waals surface area contributed by atoms with Crippen LogP contribution in [-0.2, 0) is 11.2 Å². The van der Waals surface area contributed by atoms with E-state index in [-0.39, 0.29) is 0 Å². The Morgan fingerprint density at radius 1 is 1.20 bits per heavy atom. The van der Waals surface area contributed by atoms with Gasteiger partial charge in [-0.1, -0.05) is 30.3 Å². The van der Waals surface area contributed by atoms with Gasteiger partial charge >= 0.3 is 0 Å². The Balaban J connectivity index is 1.67. The molecule has 0 aromatic heterocycles. The first-order chi connectivity index (χ1) is 7.34. The fourth-order valence-electron chi connectivity index (χ4n) is 2.11. The van der Waals surface area contributed by atoms with E-state index in [2.05, 4.69) is 24.3 Å². The number of hydrogen-bond donors (Lipinski definition) is 1. The van der Waals surface area contributed by atoms with E-state index in [1.807, 2.05) is 6.07 Å². The molecule has 1 aliphatic carbocycles. The molecule has 0 bridgehead atoms. The third kappa shape index (κ3) is 3.33. The van der Waals surface area contributed by atoms with E-state index in [0.717, 1.165) is 32.3 Å². The minimum Gasteiger partial charge on any atom is -0.378 e.